The molecular formula is C15H26O5. The van der Waals surface area contributed by atoms with Gasteiger partial charge in [0.05, 0.1) is 5.41 Å². The van der Waals surface area contributed by atoms with Gasteiger partial charge in [0, 0.05) is 12.2 Å². The van der Waals surface area contributed by atoms with Crippen LogP contribution in [0.15, 0.2) is 11.6 Å². The summed E-state index contributed by atoms with van der Waals surface area (Å²) in [5.41, 5.74) is -1.32. The zero-order chi connectivity index (χ0) is 16.1. The Hall–Kier alpha value is -1.36. The Morgan fingerprint density at radius 1 is 1.25 bits per heavy atom. The molecule has 0 aromatic heterocycles. The smallest absolute Gasteiger partial charge is 0.333 e. The summed E-state index contributed by atoms with van der Waals surface area (Å²) >= 11 is 0. The van der Waals surface area contributed by atoms with Crippen molar-refractivity contribution in [1.82, 2.24) is 0 Å². The maximum Gasteiger partial charge on any atom is 0.333 e. The highest BCUT2D eigenvalue weighted by Crippen LogP contribution is 2.34. The molecule has 5 heteroatoms. The molecule has 0 amide bonds. The topological polar surface area (TPSA) is 83.8 Å². The summed E-state index contributed by atoms with van der Waals surface area (Å²) in [6, 6.07) is 0. The molecule has 0 saturated carbocycles. The molecule has 0 bridgehead atoms. The molecule has 0 aromatic rings. The van der Waals surface area contributed by atoms with Crippen LogP contribution in [-0.4, -0.2) is 34.9 Å². The van der Waals surface area contributed by atoms with Gasteiger partial charge in [0.15, 0.2) is 0 Å². The standard InChI is InChI=1S/C15H26O5/c1-7-10(2)12(17)20-11(8-14(3,4)9-16)15(5,6)13(18)19/h7,11,16H,8-9H2,1-6H3,(H,18,19). The van der Waals surface area contributed by atoms with Gasteiger partial charge in [-0.1, -0.05) is 19.9 Å². The van der Waals surface area contributed by atoms with Crippen LogP contribution in [0.3, 0.4) is 0 Å². The number of carbonyl (C=O) groups excluding carboxylic acids is 1. The van der Waals surface area contributed by atoms with Crippen molar-refractivity contribution in [2.24, 2.45) is 10.8 Å². The maximum atomic E-state index is 11.9. The van der Waals surface area contributed by atoms with E-state index in [4.69, 9.17) is 4.74 Å². The van der Waals surface area contributed by atoms with E-state index in [2.05, 4.69) is 0 Å². The average molecular weight is 286 g/mol. The zero-order valence-electron chi connectivity index (χ0n) is 13.2. The molecule has 0 spiro atoms. The first-order chi connectivity index (χ1) is 8.97. The van der Waals surface area contributed by atoms with Gasteiger partial charge in [-0.15, -0.1) is 0 Å². The summed E-state index contributed by atoms with van der Waals surface area (Å²) in [4.78, 5) is 23.3. The van der Waals surface area contributed by atoms with Crippen molar-refractivity contribution in [3.05, 3.63) is 11.6 Å². The number of hydrogen-bond acceptors (Lipinski definition) is 4. The zero-order valence-corrected chi connectivity index (χ0v) is 13.2. The lowest BCUT2D eigenvalue weighted by Crippen LogP contribution is -2.43. The molecule has 116 valence electrons. The number of carboxylic acid groups (broad SMARTS) is 1. The third-order valence-corrected chi connectivity index (χ3v) is 3.53. The van der Waals surface area contributed by atoms with Gasteiger partial charge in [-0.3, -0.25) is 4.79 Å². The van der Waals surface area contributed by atoms with Crippen LogP contribution in [-0.2, 0) is 14.3 Å². The molecule has 0 saturated heterocycles. The normalized spacial score (nSPS) is 14.8. The minimum absolute atomic E-state index is 0.112. The van der Waals surface area contributed by atoms with Gasteiger partial charge in [0.25, 0.3) is 0 Å². The van der Waals surface area contributed by atoms with Crippen molar-refractivity contribution in [3.63, 3.8) is 0 Å². The molecule has 0 rings (SSSR count). The fourth-order valence-electron chi connectivity index (χ4n) is 1.49. The molecule has 0 aromatic carbocycles. The van der Waals surface area contributed by atoms with E-state index < -0.39 is 28.9 Å². The van der Waals surface area contributed by atoms with E-state index in [1.807, 2.05) is 0 Å². The Kier molecular flexibility index (Phi) is 6.41. The minimum atomic E-state index is -1.23. The second-order valence-corrected chi connectivity index (χ2v) is 6.42. The number of hydrogen-bond donors (Lipinski definition) is 2. The average Bonchev–Trinajstić information content (AvgIpc) is 2.36. The van der Waals surface area contributed by atoms with Crippen molar-refractivity contribution >= 4 is 11.9 Å². The van der Waals surface area contributed by atoms with Crippen molar-refractivity contribution < 1.29 is 24.5 Å². The number of aliphatic hydroxyl groups is 1. The number of carboxylic acids is 1. The van der Waals surface area contributed by atoms with E-state index in [0.717, 1.165) is 0 Å². The molecular weight excluding hydrogens is 260 g/mol. The number of ether oxygens (including phenoxy) is 1. The van der Waals surface area contributed by atoms with Gasteiger partial charge in [-0.05, 0) is 39.5 Å². The highest BCUT2D eigenvalue weighted by Gasteiger charge is 2.42. The summed E-state index contributed by atoms with van der Waals surface area (Å²) in [7, 11) is 0. The molecule has 20 heavy (non-hydrogen) atoms. The molecule has 0 heterocycles. The van der Waals surface area contributed by atoms with E-state index in [-0.39, 0.29) is 13.0 Å². The number of esters is 1. The number of carbonyl (C=O) groups is 2. The lowest BCUT2D eigenvalue weighted by Gasteiger charge is -2.35. The predicted molar refractivity (Wildman–Crippen MR) is 76.2 cm³/mol. The Labute approximate surface area is 120 Å². The third kappa shape index (κ3) is 4.96. The Bertz CT molecular complexity index is 393. The van der Waals surface area contributed by atoms with Crippen molar-refractivity contribution in [1.29, 1.82) is 0 Å². The van der Waals surface area contributed by atoms with Crippen LogP contribution in [0.1, 0.15) is 48.0 Å². The van der Waals surface area contributed by atoms with Crippen LogP contribution in [0.25, 0.3) is 0 Å². The summed E-state index contributed by atoms with van der Waals surface area (Å²) in [5.74, 6) is -1.57. The predicted octanol–water partition coefficient (Wildman–Crippen LogP) is 2.38. The van der Waals surface area contributed by atoms with Crippen LogP contribution in [0.2, 0.25) is 0 Å². The first kappa shape index (κ1) is 18.6. The monoisotopic (exact) mass is 286 g/mol. The Balaban J connectivity index is 5.29. The highest BCUT2D eigenvalue weighted by atomic mass is 16.5. The molecule has 1 atom stereocenters. The molecule has 0 aliphatic carbocycles. The van der Waals surface area contributed by atoms with Crippen molar-refractivity contribution in [3.8, 4) is 0 Å². The van der Waals surface area contributed by atoms with Crippen molar-refractivity contribution in [2.45, 2.75) is 54.1 Å². The summed E-state index contributed by atoms with van der Waals surface area (Å²) in [6.07, 6.45) is 1.07. The molecule has 0 fully saturated rings. The van der Waals surface area contributed by atoms with E-state index >= 15 is 0 Å². The molecule has 5 nitrogen and oxygen atoms in total. The molecule has 1 unspecified atom stereocenters. The van der Waals surface area contributed by atoms with Gasteiger partial charge in [0.2, 0.25) is 0 Å². The van der Waals surface area contributed by atoms with Crippen LogP contribution in [0.4, 0.5) is 0 Å². The summed E-state index contributed by atoms with van der Waals surface area (Å²) in [5, 5.41) is 18.7. The van der Waals surface area contributed by atoms with Gasteiger partial charge in [-0.25, -0.2) is 4.79 Å². The quantitative estimate of drug-likeness (QED) is 0.554. The molecule has 2 N–H and O–H groups in total. The SMILES string of the molecule is CC=C(C)C(=O)OC(CC(C)(C)CO)C(C)(C)C(=O)O. The second kappa shape index (κ2) is 6.88. The van der Waals surface area contributed by atoms with Gasteiger partial charge in [0.1, 0.15) is 6.10 Å². The van der Waals surface area contributed by atoms with E-state index in [1.54, 1.807) is 33.8 Å². The molecule has 0 radical (unpaired) electrons. The number of aliphatic carboxylic acids is 1. The van der Waals surface area contributed by atoms with Crippen LogP contribution < -0.4 is 0 Å². The lowest BCUT2D eigenvalue weighted by atomic mass is 9.77. The number of allylic oxidation sites excluding steroid dienone is 1. The maximum absolute atomic E-state index is 11.9. The first-order valence-electron chi connectivity index (χ1n) is 6.66. The summed E-state index contributed by atoms with van der Waals surface area (Å²) < 4.78 is 5.37. The van der Waals surface area contributed by atoms with E-state index in [1.165, 1.54) is 13.8 Å². The highest BCUT2D eigenvalue weighted by molar-refractivity contribution is 5.88. The summed E-state index contributed by atoms with van der Waals surface area (Å²) in [6.45, 7) is 9.86. The van der Waals surface area contributed by atoms with E-state index in [0.29, 0.717) is 5.57 Å². The number of aliphatic hydroxyl groups excluding tert-OH is 1. The lowest BCUT2D eigenvalue weighted by molar-refractivity contribution is -0.166. The van der Waals surface area contributed by atoms with Crippen LogP contribution >= 0.6 is 0 Å². The Morgan fingerprint density at radius 2 is 1.75 bits per heavy atom. The van der Waals surface area contributed by atoms with Crippen LogP contribution in [0.5, 0.6) is 0 Å². The van der Waals surface area contributed by atoms with Crippen LogP contribution in [0, 0.1) is 10.8 Å². The van der Waals surface area contributed by atoms with E-state index in [9.17, 15) is 19.8 Å². The fourth-order valence-corrected chi connectivity index (χ4v) is 1.49. The van der Waals surface area contributed by atoms with Gasteiger partial charge in [-0.2, -0.15) is 0 Å². The number of rotatable bonds is 7. The molecule has 0 aliphatic heterocycles. The van der Waals surface area contributed by atoms with Gasteiger partial charge < -0.3 is 14.9 Å². The van der Waals surface area contributed by atoms with Crippen molar-refractivity contribution in [2.75, 3.05) is 6.61 Å². The Morgan fingerprint density at radius 3 is 2.10 bits per heavy atom. The largest absolute Gasteiger partial charge is 0.481 e. The second-order valence-electron chi connectivity index (χ2n) is 6.42. The third-order valence-electron chi connectivity index (χ3n) is 3.53. The fraction of sp³-hybridized carbons (Fsp3) is 0.733. The van der Waals surface area contributed by atoms with Gasteiger partial charge >= 0.3 is 11.9 Å². The molecule has 0 aliphatic rings. The minimum Gasteiger partial charge on any atom is -0.481 e. The first-order valence-corrected chi connectivity index (χ1v) is 6.66.